The van der Waals surface area contributed by atoms with Crippen LogP contribution in [-0.2, 0) is 9.59 Å². The second-order valence-corrected chi connectivity index (χ2v) is 7.26. The number of carbonyl (C=O) groups excluding carboxylic acids is 2. The molecule has 0 bridgehead atoms. The van der Waals surface area contributed by atoms with Gasteiger partial charge in [0.25, 0.3) is 0 Å². The summed E-state index contributed by atoms with van der Waals surface area (Å²) in [6, 6.07) is 3.89. The van der Waals surface area contributed by atoms with Gasteiger partial charge in [0.15, 0.2) is 0 Å². The van der Waals surface area contributed by atoms with E-state index in [2.05, 4.69) is 16.0 Å². The first-order valence-corrected chi connectivity index (χ1v) is 10.2. The van der Waals surface area contributed by atoms with E-state index in [0.29, 0.717) is 41.9 Å². The van der Waals surface area contributed by atoms with Gasteiger partial charge in [-0.3, -0.25) is 9.59 Å². The Bertz CT molecular complexity index is 727. The monoisotopic (exact) mass is 403 g/mol. The Morgan fingerprint density at radius 3 is 2.45 bits per heavy atom. The van der Waals surface area contributed by atoms with E-state index in [0.717, 1.165) is 12.8 Å². The molecule has 1 saturated carbocycles. The Hall–Kier alpha value is -2.70. The summed E-state index contributed by atoms with van der Waals surface area (Å²) in [6.45, 7) is 4.75. The third-order valence-electron chi connectivity index (χ3n) is 5.09. The maximum atomic E-state index is 12.5. The molecule has 1 unspecified atom stereocenters. The van der Waals surface area contributed by atoms with Crippen molar-refractivity contribution in [1.82, 2.24) is 10.6 Å². The third kappa shape index (κ3) is 6.41. The quantitative estimate of drug-likeness (QED) is 0.523. The van der Waals surface area contributed by atoms with Crippen molar-refractivity contribution < 1.29 is 19.1 Å². The largest absolute Gasteiger partial charge is 0.496 e. The maximum absolute atomic E-state index is 12.5. The predicted octanol–water partition coefficient (Wildman–Crippen LogP) is 2.96. The number of anilines is 1. The summed E-state index contributed by atoms with van der Waals surface area (Å²) < 4.78 is 11.0. The van der Waals surface area contributed by atoms with E-state index < -0.39 is 0 Å². The molecule has 7 heteroatoms. The van der Waals surface area contributed by atoms with E-state index in [4.69, 9.17) is 9.47 Å². The van der Waals surface area contributed by atoms with Crippen LogP contribution in [0.3, 0.4) is 0 Å². The fraction of sp³-hybridized carbons (Fsp3) is 0.545. The Labute approximate surface area is 173 Å². The van der Waals surface area contributed by atoms with E-state index in [9.17, 15) is 9.59 Å². The zero-order chi connectivity index (χ0) is 21.2. The van der Waals surface area contributed by atoms with Crippen LogP contribution in [0.25, 0.3) is 6.08 Å². The zero-order valence-corrected chi connectivity index (χ0v) is 17.8. The van der Waals surface area contributed by atoms with Crippen molar-refractivity contribution in [2.24, 2.45) is 5.92 Å². The lowest BCUT2D eigenvalue weighted by Crippen LogP contribution is -2.38. The number of hydrogen-bond acceptors (Lipinski definition) is 5. The highest BCUT2D eigenvalue weighted by Gasteiger charge is 2.21. The van der Waals surface area contributed by atoms with E-state index in [1.165, 1.54) is 18.9 Å². The van der Waals surface area contributed by atoms with Crippen molar-refractivity contribution in [2.45, 2.75) is 45.6 Å². The van der Waals surface area contributed by atoms with E-state index in [1.54, 1.807) is 32.4 Å². The highest BCUT2D eigenvalue weighted by Crippen LogP contribution is 2.36. The minimum atomic E-state index is -0.216. The van der Waals surface area contributed by atoms with Crippen LogP contribution in [0.1, 0.15) is 45.1 Å². The number of amides is 2. The molecule has 1 atom stereocenters. The van der Waals surface area contributed by atoms with Gasteiger partial charge in [-0.1, -0.05) is 19.8 Å². The summed E-state index contributed by atoms with van der Waals surface area (Å²) in [5.74, 6) is 0.867. The highest BCUT2D eigenvalue weighted by atomic mass is 16.5. The molecule has 0 aliphatic heterocycles. The van der Waals surface area contributed by atoms with Gasteiger partial charge in [-0.25, -0.2) is 0 Å². The van der Waals surface area contributed by atoms with Gasteiger partial charge >= 0.3 is 0 Å². The van der Waals surface area contributed by atoms with Crippen LogP contribution in [0.15, 0.2) is 18.2 Å². The molecule has 0 aromatic heterocycles. The molecule has 1 aliphatic carbocycles. The van der Waals surface area contributed by atoms with E-state index >= 15 is 0 Å². The first-order valence-electron chi connectivity index (χ1n) is 10.2. The standard InChI is InChI=1S/C22H33N3O4/c1-5-23-20(26)13-10-17-18(28-3)11-12-19(29-4)21(17)24-14-15(2)22(27)25-16-8-6-7-9-16/h10-13,15-16,24H,5-9,14H2,1-4H3,(H,23,26)(H,25,27)/b13-10+. The Balaban J connectivity index is 2.16. The van der Waals surface area contributed by atoms with Gasteiger partial charge in [0.2, 0.25) is 11.8 Å². The lowest BCUT2D eigenvalue weighted by atomic mass is 10.1. The molecule has 0 radical (unpaired) electrons. The minimum absolute atomic E-state index is 0.0469. The van der Waals surface area contributed by atoms with Crippen LogP contribution < -0.4 is 25.4 Å². The minimum Gasteiger partial charge on any atom is -0.496 e. The lowest BCUT2D eigenvalue weighted by Gasteiger charge is -2.20. The van der Waals surface area contributed by atoms with Crippen molar-refractivity contribution in [1.29, 1.82) is 0 Å². The normalized spacial score (nSPS) is 15.2. The van der Waals surface area contributed by atoms with Gasteiger partial charge < -0.3 is 25.4 Å². The Morgan fingerprint density at radius 2 is 1.83 bits per heavy atom. The predicted molar refractivity (Wildman–Crippen MR) is 115 cm³/mol. The van der Waals surface area contributed by atoms with Gasteiger partial charge in [-0.2, -0.15) is 0 Å². The summed E-state index contributed by atoms with van der Waals surface area (Å²) in [6.07, 6.45) is 7.63. The molecule has 7 nitrogen and oxygen atoms in total. The van der Waals surface area contributed by atoms with Crippen molar-refractivity contribution in [3.63, 3.8) is 0 Å². The maximum Gasteiger partial charge on any atom is 0.243 e. The molecule has 2 rings (SSSR count). The molecular formula is C22H33N3O4. The van der Waals surface area contributed by atoms with Gasteiger partial charge in [-0.15, -0.1) is 0 Å². The van der Waals surface area contributed by atoms with Crippen molar-refractivity contribution in [3.8, 4) is 11.5 Å². The number of rotatable bonds is 10. The van der Waals surface area contributed by atoms with Crippen molar-refractivity contribution >= 4 is 23.6 Å². The average Bonchev–Trinajstić information content (AvgIpc) is 3.23. The summed E-state index contributed by atoms with van der Waals surface area (Å²) in [5.41, 5.74) is 1.38. The summed E-state index contributed by atoms with van der Waals surface area (Å²) in [4.78, 5) is 24.4. The molecule has 0 heterocycles. The van der Waals surface area contributed by atoms with Crippen molar-refractivity contribution in [3.05, 3.63) is 23.8 Å². The summed E-state index contributed by atoms with van der Waals surface area (Å²) >= 11 is 0. The molecule has 1 aromatic rings. The molecule has 1 fully saturated rings. The van der Waals surface area contributed by atoms with Crippen molar-refractivity contribution in [2.75, 3.05) is 32.6 Å². The fourth-order valence-corrected chi connectivity index (χ4v) is 3.43. The van der Waals surface area contributed by atoms with Crippen LogP contribution in [0.5, 0.6) is 11.5 Å². The first-order chi connectivity index (χ1) is 14.0. The molecule has 0 saturated heterocycles. The molecule has 1 aliphatic rings. The number of benzene rings is 1. The lowest BCUT2D eigenvalue weighted by molar-refractivity contribution is -0.124. The molecule has 29 heavy (non-hydrogen) atoms. The number of methoxy groups -OCH3 is 2. The number of carbonyl (C=O) groups is 2. The van der Waals surface area contributed by atoms with Gasteiger partial charge in [0.05, 0.1) is 25.8 Å². The third-order valence-corrected chi connectivity index (χ3v) is 5.09. The zero-order valence-electron chi connectivity index (χ0n) is 17.8. The Morgan fingerprint density at radius 1 is 1.17 bits per heavy atom. The number of likely N-dealkylation sites (N-methyl/N-ethyl adjacent to an activating group) is 1. The number of ether oxygens (including phenoxy) is 2. The average molecular weight is 404 g/mol. The highest BCUT2D eigenvalue weighted by molar-refractivity contribution is 5.94. The Kier molecular flexibility index (Phi) is 8.83. The first kappa shape index (κ1) is 22.6. The van der Waals surface area contributed by atoms with Gasteiger partial charge in [-0.05, 0) is 38.0 Å². The van der Waals surface area contributed by atoms with Crippen LogP contribution in [0.2, 0.25) is 0 Å². The number of hydrogen-bond donors (Lipinski definition) is 3. The summed E-state index contributed by atoms with van der Waals surface area (Å²) in [5, 5.41) is 9.18. The van der Waals surface area contributed by atoms with E-state index in [-0.39, 0.29) is 17.7 Å². The van der Waals surface area contributed by atoms with Gasteiger partial charge in [0.1, 0.15) is 11.5 Å². The van der Waals surface area contributed by atoms with E-state index in [1.807, 2.05) is 13.8 Å². The second kappa shape index (κ2) is 11.3. The van der Waals surface area contributed by atoms with Crippen LogP contribution in [0.4, 0.5) is 5.69 Å². The fourth-order valence-electron chi connectivity index (χ4n) is 3.43. The topological polar surface area (TPSA) is 88.7 Å². The molecule has 0 spiro atoms. The number of nitrogens with one attached hydrogen (secondary N) is 3. The molecule has 2 amide bonds. The van der Waals surface area contributed by atoms with Gasteiger partial charge in [0, 0.05) is 30.8 Å². The molecule has 160 valence electrons. The summed E-state index contributed by atoms with van der Waals surface area (Å²) in [7, 11) is 3.16. The molecular weight excluding hydrogens is 370 g/mol. The SMILES string of the molecule is CCNC(=O)/C=C/c1c(OC)ccc(OC)c1NCC(C)C(=O)NC1CCCC1. The smallest absolute Gasteiger partial charge is 0.243 e. The van der Waals surface area contributed by atoms with Crippen LogP contribution in [0, 0.1) is 5.92 Å². The van der Waals surface area contributed by atoms with Crippen LogP contribution in [-0.4, -0.2) is 45.2 Å². The molecule has 3 N–H and O–H groups in total. The molecule has 1 aromatic carbocycles. The second-order valence-electron chi connectivity index (χ2n) is 7.26. The van der Waals surface area contributed by atoms with Crippen LogP contribution >= 0.6 is 0 Å².